The number of ether oxygens (including phenoxy) is 1. The topological polar surface area (TPSA) is 32.7 Å². The molecule has 0 bridgehead atoms. The van der Waals surface area contributed by atoms with E-state index in [1.54, 1.807) is 6.07 Å². The third kappa shape index (κ3) is 4.92. The Bertz CT molecular complexity index is 599. The molecule has 1 N–H and O–H groups in total. The number of hydrogen-bond donors (Lipinski definition) is 1. The van der Waals surface area contributed by atoms with Gasteiger partial charge in [-0.05, 0) is 49.4 Å². The van der Waals surface area contributed by atoms with Crippen LogP contribution < -0.4 is 4.74 Å². The average Bonchev–Trinajstić information content (AvgIpc) is 2.97. The lowest BCUT2D eigenvalue weighted by Gasteiger charge is -2.41. The molecule has 2 atom stereocenters. The molecule has 1 aromatic carbocycles. The van der Waals surface area contributed by atoms with Crippen molar-refractivity contribution in [1.29, 1.82) is 0 Å². The molecule has 2 aliphatic rings. The molecule has 26 heavy (non-hydrogen) atoms. The van der Waals surface area contributed by atoms with Crippen LogP contribution in [0.2, 0.25) is 0 Å². The highest BCUT2D eigenvalue weighted by Crippen LogP contribution is 2.42. The zero-order valence-electron chi connectivity index (χ0n) is 15.3. The maximum absolute atomic E-state index is 12.6. The van der Waals surface area contributed by atoms with Crippen LogP contribution in [0.15, 0.2) is 24.3 Å². The first kappa shape index (κ1) is 19.5. The highest BCUT2D eigenvalue weighted by molar-refractivity contribution is 5.33. The van der Waals surface area contributed by atoms with Gasteiger partial charge in [-0.2, -0.15) is 0 Å². The van der Waals surface area contributed by atoms with Crippen LogP contribution in [0.4, 0.5) is 13.2 Å². The Morgan fingerprint density at radius 2 is 2.00 bits per heavy atom. The molecule has 146 valence electrons. The minimum absolute atomic E-state index is 0.204. The van der Waals surface area contributed by atoms with Crippen LogP contribution in [0.1, 0.15) is 56.9 Å². The summed E-state index contributed by atoms with van der Waals surface area (Å²) in [7, 11) is 0. The van der Waals surface area contributed by atoms with Crippen LogP contribution in [0.25, 0.3) is 0 Å². The first-order chi connectivity index (χ1) is 12.3. The third-order valence-electron chi connectivity index (χ3n) is 5.81. The second-order valence-electron chi connectivity index (χ2n) is 7.99. The molecule has 1 heterocycles. The Kier molecular flexibility index (Phi) is 5.82. The molecule has 1 unspecified atom stereocenters. The van der Waals surface area contributed by atoms with E-state index in [1.807, 2.05) is 6.07 Å². The molecule has 0 amide bonds. The second-order valence-corrected chi connectivity index (χ2v) is 7.99. The van der Waals surface area contributed by atoms with Crippen LogP contribution in [-0.4, -0.2) is 41.6 Å². The molecular formula is C20H28F3NO2. The third-order valence-corrected chi connectivity index (χ3v) is 5.81. The second kappa shape index (κ2) is 7.77. The lowest BCUT2D eigenvalue weighted by molar-refractivity contribution is -0.274. The summed E-state index contributed by atoms with van der Waals surface area (Å²) in [5.74, 6) is 0.204. The number of likely N-dealkylation sites (tertiary alicyclic amines) is 1. The molecule has 2 fully saturated rings. The molecule has 1 saturated carbocycles. The monoisotopic (exact) mass is 371 g/mol. The predicted molar refractivity (Wildman–Crippen MR) is 94.1 cm³/mol. The summed E-state index contributed by atoms with van der Waals surface area (Å²) in [6.07, 6.45) is 0.844. The minimum atomic E-state index is -4.71. The zero-order valence-corrected chi connectivity index (χ0v) is 15.3. The van der Waals surface area contributed by atoms with Gasteiger partial charge in [-0.3, -0.25) is 0 Å². The summed E-state index contributed by atoms with van der Waals surface area (Å²) in [6, 6.07) is 6.17. The summed E-state index contributed by atoms with van der Waals surface area (Å²) in [4.78, 5) is 2.33. The Morgan fingerprint density at radius 1 is 1.27 bits per heavy atom. The van der Waals surface area contributed by atoms with E-state index in [0.717, 1.165) is 44.3 Å². The van der Waals surface area contributed by atoms with Crippen molar-refractivity contribution in [2.24, 2.45) is 5.92 Å². The standard InChI is InChI=1S/C20H28F3NO2/c1-15-8-11-24(13-15)14-18(19(25)9-3-2-4-10-19)16-6-5-7-17(12-16)26-20(21,22)23/h5-7,12,15,18,25H,2-4,8-11,13-14H2,1H3/t15-,18?/m0/s1. The largest absolute Gasteiger partial charge is 0.573 e. The van der Waals surface area contributed by atoms with E-state index in [0.29, 0.717) is 25.3 Å². The van der Waals surface area contributed by atoms with Gasteiger partial charge < -0.3 is 14.7 Å². The van der Waals surface area contributed by atoms with E-state index in [-0.39, 0.29) is 11.7 Å². The van der Waals surface area contributed by atoms with Gasteiger partial charge in [0.25, 0.3) is 0 Å². The van der Waals surface area contributed by atoms with E-state index < -0.39 is 12.0 Å². The highest BCUT2D eigenvalue weighted by Gasteiger charge is 2.40. The molecule has 1 aromatic rings. The molecule has 1 aliphatic carbocycles. The summed E-state index contributed by atoms with van der Waals surface area (Å²) in [5.41, 5.74) is -0.128. The molecule has 0 aromatic heterocycles. The Hall–Kier alpha value is -1.27. The molecule has 3 rings (SSSR count). The van der Waals surface area contributed by atoms with Gasteiger partial charge in [0.05, 0.1) is 5.60 Å². The maximum atomic E-state index is 12.6. The molecule has 0 radical (unpaired) electrons. The number of aliphatic hydroxyl groups is 1. The normalized spacial score (nSPS) is 25.2. The molecule has 0 spiro atoms. The van der Waals surface area contributed by atoms with Gasteiger partial charge in [0.1, 0.15) is 5.75 Å². The molecule has 6 heteroatoms. The number of halogens is 3. The summed E-state index contributed by atoms with van der Waals surface area (Å²) in [5, 5.41) is 11.3. The van der Waals surface area contributed by atoms with Crippen LogP contribution >= 0.6 is 0 Å². The number of benzene rings is 1. The highest BCUT2D eigenvalue weighted by atomic mass is 19.4. The van der Waals surface area contributed by atoms with Gasteiger partial charge in [0.15, 0.2) is 0 Å². The number of hydrogen-bond acceptors (Lipinski definition) is 3. The van der Waals surface area contributed by atoms with Gasteiger partial charge in [-0.15, -0.1) is 13.2 Å². The summed E-state index contributed by atoms with van der Waals surface area (Å²) < 4.78 is 41.9. The fraction of sp³-hybridized carbons (Fsp3) is 0.700. The Labute approximate surface area is 153 Å². The quantitative estimate of drug-likeness (QED) is 0.814. The summed E-state index contributed by atoms with van der Waals surface area (Å²) >= 11 is 0. The van der Waals surface area contributed by atoms with Gasteiger partial charge in [-0.25, -0.2) is 0 Å². The predicted octanol–water partition coefficient (Wildman–Crippen LogP) is 4.71. The fourth-order valence-electron chi connectivity index (χ4n) is 4.48. The summed E-state index contributed by atoms with van der Waals surface area (Å²) in [6.45, 7) is 4.84. The van der Waals surface area contributed by atoms with Crippen molar-refractivity contribution in [2.45, 2.75) is 63.3 Å². The van der Waals surface area contributed by atoms with Gasteiger partial charge in [-0.1, -0.05) is 38.3 Å². The van der Waals surface area contributed by atoms with E-state index in [4.69, 9.17) is 0 Å². The van der Waals surface area contributed by atoms with Crippen LogP contribution in [0.3, 0.4) is 0 Å². The number of nitrogens with zero attached hydrogens (tertiary/aromatic N) is 1. The van der Waals surface area contributed by atoms with Crippen molar-refractivity contribution in [3.8, 4) is 5.75 Å². The first-order valence-electron chi connectivity index (χ1n) is 9.56. The van der Waals surface area contributed by atoms with Gasteiger partial charge in [0.2, 0.25) is 0 Å². The Balaban J connectivity index is 1.86. The van der Waals surface area contributed by atoms with Crippen molar-refractivity contribution in [1.82, 2.24) is 4.90 Å². The van der Waals surface area contributed by atoms with E-state index >= 15 is 0 Å². The van der Waals surface area contributed by atoms with Crippen molar-refractivity contribution in [3.05, 3.63) is 29.8 Å². The maximum Gasteiger partial charge on any atom is 0.573 e. The number of alkyl halides is 3. The van der Waals surface area contributed by atoms with Crippen LogP contribution in [0, 0.1) is 5.92 Å². The molecule has 1 aliphatic heterocycles. The van der Waals surface area contributed by atoms with E-state index in [9.17, 15) is 18.3 Å². The van der Waals surface area contributed by atoms with Crippen LogP contribution in [-0.2, 0) is 0 Å². The van der Waals surface area contributed by atoms with Crippen molar-refractivity contribution < 1.29 is 23.0 Å². The zero-order chi connectivity index (χ0) is 18.8. The number of rotatable bonds is 5. The lowest BCUT2D eigenvalue weighted by atomic mass is 9.72. The van der Waals surface area contributed by atoms with Crippen molar-refractivity contribution in [2.75, 3.05) is 19.6 Å². The molecule has 3 nitrogen and oxygen atoms in total. The molecule has 1 saturated heterocycles. The Morgan fingerprint density at radius 3 is 2.62 bits per heavy atom. The van der Waals surface area contributed by atoms with E-state index in [1.165, 1.54) is 12.1 Å². The average molecular weight is 371 g/mol. The van der Waals surface area contributed by atoms with E-state index in [2.05, 4.69) is 16.6 Å². The smallest absolute Gasteiger partial charge is 0.406 e. The van der Waals surface area contributed by atoms with Crippen molar-refractivity contribution >= 4 is 0 Å². The van der Waals surface area contributed by atoms with Crippen molar-refractivity contribution in [3.63, 3.8) is 0 Å². The first-order valence-corrected chi connectivity index (χ1v) is 9.56. The lowest BCUT2D eigenvalue weighted by Crippen LogP contribution is -2.44. The van der Waals surface area contributed by atoms with Crippen LogP contribution in [0.5, 0.6) is 5.75 Å². The van der Waals surface area contributed by atoms with Gasteiger partial charge in [0, 0.05) is 19.0 Å². The molecular weight excluding hydrogens is 343 g/mol. The fourth-order valence-corrected chi connectivity index (χ4v) is 4.48. The van der Waals surface area contributed by atoms with Gasteiger partial charge >= 0.3 is 6.36 Å². The SMILES string of the molecule is C[C@H]1CCN(CC(c2cccc(OC(F)(F)F)c2)C2(O)CCCCC2)C1. The minimum Gasteiger partial charge on any atom is -0.406 e.